The molecule has 0 saturated carbocycles. The predicted molar refractivity (Wildman–Crippen MR) is 51.1 cm³/mol. The van der Waals surface area contributed by atoms with Gasteiger partial charge in [0.1, 0.15) is 0 Å². The van der Waals surface area contributed by atoms with Crippen LogP contribution in [0.1, 0.15) is 25.8 Å². The molecule has 0 aliphatic heterocycles. The Balaban J connectivity index is 2.95. The lowest BCUT2D eigenvalue weighted by atomic mass is 9.93. The zero-order valence-electron chi connectivity index (χ0n) is 8.00. The average Bonchev–Trinajstić information content (AvgIpc) is 2.18. The first-order valence-corrected chi connectivity index (χ1v) is 4.33. The number of hydrogen-bond donors (Lipinski definition) is 0. The lowest BCUT2D eigenvalue weighted by Crippen LogP contribution is -2.22. The van der Waals surface area contributed by atoms with Gasteiger partial charge in [0.05, 0.1) is 5.60 Å². The molecular formula is C11H16O. The van der Waals surface area contributed by atoms with E-state index >= 15 is 0 Å². The topological polar surface area (TPSA) is 9.23 Å². The summed E-state index contributed by atoms with van der Waals surface area (Å²) in [7, 11) is 1.76. The molecule has 12 heavy (non-hydrogen) atoms. The Morgan fingerprint density at radius 3 is 2.25 bits per heavy atom. The van der Waals surface area contributed by atoms with Crippen LogP contribution in [0.15, 0.2) is 30.3 Å². The summed E-state index contributed by atoms with van der Waals surface area (Å²) in [4.78, 5) is 0. The van der Waals surface area contributed by atoms with E-state index in [1.54, 1.807) is 7.11 Å². The van der Waals surface area contributed by atoms with Crippen LogP contribution in [0.3, 0.4) is 0 Å². The van der Waals surface area contributed by atoms with E-state index < -0.39 is 0 Å². The fourth-order valence-corrected chi connectivity index (χ4v) is 1.26. The Bertz CT molecular complexity index is 224. The van der Waals surface area contributed by atoms with E-state index in [1.165, 1.54) is 5.56 Å². The first-order valence-electron chi connectivity index (χ1n) is 4.33. The molecular weight excluding hydrogens is 148 g/mol. The predicted octanol–water partition coefficient (Wildman–Crippen LogP) is 2.96. The van der Waals surface area contributed by atoms with Gasteiger partial charge in [0, 0.05) is 7.11 Å². The Labute approximate surface area is 74.4 Å². The molecule has 1 rings (SSSR count). The van der Waals surface area contributed by atoms with Crippen LogP contribution in [-0.4, -0.2) is 7.11 Å². The van der Waals surface area contributed by atoms with Crippen LogP contribution in [0.4, 0.5) is 0 Å². The van der Waals surface area contributed by atoms with Gasteiger partial charge in [-0.2, -0.15) is 0 Å². The minimum Gasteiger partial charge on any atom is -0.374 e. The summed E-state index contributed by atoms with van der Waals surface area (Å²) in [6.07, 6.45) is 0.994. The van der Waals surface area contributed by atoms with Crippen LogP contribution >= 0.6 is 0 Å². The maximum absolute atomic E-state index is 5.47. The summed E-state index contributed by atoms with van der Waals surface area (Å²) in [5, 5.41) is 0. The molecule has 1 aromatic carbocycles. The summed E-state index contributed by atoms with van der Waals surface area (Å²) < 4.78 is 5.47. The Hall–Kier alpha value is -0.820. The maximum Gasteiger partial charge on any atom is 0.0896 e. The summed E-state index contributed by atoms with van der Waals surface area (Å²) in [6.45, 7) is 4.25. The summed E-state index contributed by atoms with van der Waals surface area (Å²) in [6, 6.07) is 10.3. The quantitative estimate of drug-likeness (QED) is 0.667. The Morgan fingerprint density at radius 1 is 1.25 bits per heavy atom. The van der Waals surface area contributed by atoms with Gasteiger partial charge in [-0.05, 0) is 18.9 Å². The highest BCUT2D eigenvalue weighted by Gasteiger charge is 2.22. The third-order valence-electron chi connectivity index (χ3n) is 2.51. The van der Waals surface area contributed by atoms with E-state index in [-0.39, 0.29) is 5.60 Å². The highest BCUT2D eigenvalue weighted by atomic mass is 16.5. The van der Waals surface area contributed by atoms with Gasteiger partial charge in [0.2, 0.25) is 0 Å². The van der Waals surface area contributed by atoms with Crippen molar-refractivity contribution in [3.05, 3.63) is 35.9 Å². The van der Waals surface area contributed by atoms with Crippen molar-refractivity contribution >= 4 is 0 Å². The molecule has 0 N–H and O–H groups in total. The molecule has 0 radical (unpaired) electrons. The Kier molecular flexibility index (Phi) is 2.88. The second-order valence-electron chi connectivity index (χ2n) is 3.15. The fourth-order valence-electron chi connectivity index (χ4n) is 1.26. The van der Waals surface area contributed by atoms with E-state index in [0.717, 1.165) is 6.42 Å². The molecule has 0 heterocycles. The molecule has 66 valence electrons. The van der Waals surface area contributed by atoms with Crippen LogP contribution in [-0.2, 0) is 10.3 Å². The molecule has 0 aliphatic carbocycles. The molecule has 0 spiro atoms. The van der Waals surface area contributed by atoms with Crippen molar-refractivity contribution in [1.29, 1.82) is 0 Å². The molecule has 0 aliphatic rings. The molecule has 1 unspecified atom stereocenters. The number of hydrogen-bond acceptors (Lipinski definition) is 1. The molecule has 0 bridgehead atoms. The zero-order valence-corrected chi connectivity index (χ0v) is 8.00. The van der Waals surface area contributed by atoms with Crippen molar-refractivity contribution in [2.24, 2.45) is 0 Å². The standard InChI is InChI=1S/C11H16O/c1-4-11(2,12-3)10-8-6-5-7-9-10/h5-9H,4H2,1-3H3. The first kappa shape index (κ1) is 9.27. The van der Waals surface area contributed by atoms with E-state index in [1.807, 2.05) is 18.2 Å². The van der Waals surface area contributed by atoms with E-state index in [9.17, 15) is 0 Å². The van der Waals surface area contributed by atoms with Crippen LogP contribution < -0.4 is 0 Å². The third kappa shape index (κ3) is 1.67. The van der Waals surface area contributed by atoms with Gasteiger partial charge in [0.25, 0.3) is 0 Å². The SMILES string of the molecule is CCC(C)(OC)c1ccccc1. The van der Waals surface area contributed by atoms with Crippen LogP contribution in [0.2, 0.25) is 0 Å². The van der Waals surface area contributed by atoms with Crippen LogP contribution in [0.5, 0.6) is 0 Å². The number of benzene rings is 1. The van der Waals surface area contributed by atoms with Crippen LogP contribution in [0, 0.1) is 0 Å². The zero-order chi connectivity index (χ0) is 9.03. The number of rotatable bonds is 3. The molecule has 1 heteroatoms. The van der Waals surface area contributed by atoms with E-state index in [0.29, 0.717) is 0 Å². The molecule has 0 amide bonds. The van der Waals surface area contributed by atoms with Crippen molar-refractivity contribution in [1.82, 2.24) is 0 Å². The van der Waals surface area contributed by atoms with Gasteiger partial charge in [-0.1, -0.05) is 37.3 Å². The van der Waals surface area contributed by atoms with Gasteiger partial charge in [-0.15, -0.1) is 0 Å². The largest absolute Gasteiger partial charge is 0.374 e. The fraction of sp³-hybridized carbons (Fsp3) is 0.455. The van der Waals surface area contributed by atoms with Crippen molar-refractivity contribution in [2.45, 2.75) is 25.9 Å². The van der Waals surface area contributed by atoms with Gasteiger partial charge in [0.15, 0.2) is 0 Å². The van der Waals surface area contributed by atoms with Gasteiger partial charge < -0.3 is 4.74 Å². The highest BCUT2D eigenvalue weighted by Crippen LogP contribution is 2.27. The molecule has 1 atom stereocenters. The van der Waals surface area contributed by atoms with Crippen LogP contribution in [0.25, 0.3) is 0 Å². The van der Waals surface area contributed by atoms with E-state index in [4.69, 9.17) is 4.74 Å². The maximum atomic E-state index is 5.47. The normalized spacial score (nSPS) is 15.6. The average molecular weight is 164 g/mol. The second kappa shape index (κ2) is 3.72. The molecule has 1 aromatic rings. The van der Waals surface area contributed by atoms with Crippen molar-refractivity contribution in [3.8, 4) is 0 Å². The molecule has 0 saturated heterocycles. The second-order valence-corrected chi connectivity index (χ2v) is 3.15. The monoisotopic (exact) mass is 164 g/mol. The number of methoxy groups -OCH3 is 1. The minimum atomic E-state index is -0.124. The number of ether oxygens (including phenoxy) is 1. The summed E-state index contributed by atoms with van der Waals surface area (Å²) in [5.74, 6) is 0. The highest BCUT2D eigenvalue weighted by molar-refractivity contribution is 5.21. The smallest absolute Gasteiger partial charge is 0.0896 e. The first-order chi connectivity index (χ1) is 5.73. The van der Waals surface area contributed by atoms with Crippen molar-refractivity contribution < 1.29 is 4.74 Å². The molecule has 0 fully saturated rings. The Morgan fingerprint density at radius 2 is 1.83 bits per heavy atom. The van der Waals surface area contributed by atoms with Gasteiger partial charge in [-0.25, -0.2) is 0 Å². The summed E-state index contributed by atoms with van der Waals surface area (Å²) >= 11 is 0. The molecule has 0 aromatic heterocycles. The third-order valence-corrected chi connectivity index (χ3v) is 2.51. The van der Waals surface area contributed by atoms with Crippen molar-refractivity contribution in [2.75, 3.05) is 7.11 Å². The summed E-state index contributed by atoms with van der Waals surface area (Å²) in [5.41, 5.74) is 1.12. The van der Waals surface area contributed by atoms with Gasteiger partial charge >= 0.3 is 0 Å². The van der Waals surface area contributed by atoms with E-state index in [2.05, 4.69) is 26.0 Å². The van der Waals surface area contributed by atoms with Crippen molar-refractivity contribution in [3.63, 3.8) is 0 Å². The minimum absolute atomic E-state index is 0.124. The van der Waals surface area contributed by atoms with Gasteiger partial charge in [-0.3, -0.25) is 0 Å². The lowest BCUT2D eigenvalue weighted by molar-refractivity contribution is -0.00139. The molecule has 1 nitrogen and oxygen atoms in total. The lowest BCUT2D eigenvalue weighted by Gasteiger charge is -2.26.